The van der Waals surface area contributed by atoms with E-state index in [9.17, 15) is 4.79 Å². The molecule has 0 fully saturated rings. The summed E-state index contributed by atoms with van der Waals surface area (Å²) >= 11 is 0. The minimum absolute atomic E-state index is 0.155. The first-order chi connectivity index (χ1) is 8.38. The Labute approximate surface area is 113 Å². The van der Waals surface area contributed by atoms with Crippen molar-refractivity contribution < 1.29 is 4.79 Å². The maximum atomic E-state index is 11.9. The third-order valence-corrected chi connectivity index (χ3v) is 3.47. The molecule has 108 valence electrons. The number of rotatable bonds is 9. The van der Waals surface area contributed by atoms with E-state index < -0.39 is 0 Å². The van der Waals surface area contributed by atoms with Crippen molar-refractivity contribution in [2.24, 2.45) is 23.5 Å². The summed E-state index contributed by atoms with van der Waals surface area (Å²) in [6.45, 7) is 11.4. The van der Waals surface area contributed by atoms with Crippen LogP contribution in [0.1, 0.15) is 60.3 Å². The van der Waals surface area contributed by atoms with Crippen molar-refractivity contribution in [1.29, 1.82) is 0 Å². The average molecular weight is 256 g/mol. The molecule has 3 nitrogen and oxygen atoms in total. The maximum absolute atomic E-state index is 11.9. The number of carbonyl (C=O) groups is 1. The lowest BCUT2D eigenvalue weighted by Gasteiger charge is -2.20. The zero-order chi connectivity index (χ0) is 14.1. The number of carbonyl (C=O) groups excluding carboxylic acids is 1. The van der Waals surface area contributed by atoms with E-state index >= 15 is 0 Å². The fraction of sp³-hybridized carbons (Fsp3) is 0.933. The minimum Gasteiger partial charge on any atom is -0.354 e. The van der Waals surface area contributed by atoms with Crippen LogP contribution in [0.15, 0.2) is 0 Å². The lowest BCUT2D eigenvalue weighted by molar-refractivity contribution is -0.122. The highest BCUT2D eigenvalue weighted by atomic mass is 16.1. The van der Waals surface area contributed by atoms with Gasteiger partial charge in [-0.3, -0.25) is 4.79 Å². The molecule has 0 saturated carbocycles. The molecule has 0 radical (unpaired) electrons. The Kier molecular flexibility index (Phi) is 9.08. The van der Waals surface area contributed by atoms with E-state index in [-0.39, 0.29) is 11.9 Å². The molecule has 0 aromatic carbocycles. The number of hydrogen-bond donors (Lipinski definition) is 2. The topological polar surface area (TPSA) is 55.1 Å². The Hall–Kier alpha value is -0.570. The van der Waals surface area contributed by atoms with Gasteiger partial charge in [-0.2, -0.15) is 0 Å². The summed E-state index contributed by atoms with van der Waals surface area (Å²) in [5.74, 6) is 1.74. The summed E-state index contributed by atoms with van der Waals surface area (Å²) in [4.78, 5) is 11.9. The molecule has 3 atom stereocenters. The third kappa shape index (κ3) is 8.51. The first-order valence-electron chi connectivity index (χ1n) is 7.38. The first kappa shape index (κ1) is 17.4. The van der Waals surface area contributed by atoms with Crippen molar-refractivity contribution in [2.75, 3.05) is 6.54 Å². The molecule has 3 N–H and O–H groups in total. The molecule has 0 aliphatic heterocycles. The van der Waals surface area contributed by atoms with Gasteiger partial charge >= 0.3 is 0 Å². The third-order valence-electron chi connectivity index (χ3n) is 3.47. The van der Waals surface area contributed by atoms with Gasteiger partial charge in [0.05, 0.1) is 0 Å². The standard InChI is InChI=1S/C15H32N2O/c1-6-12(4)8-13(5)17-15(18)9-14(10-16)7-11(2)3/h11-14H,6-10,16H2,1-5H3,(H,17,18)/t12?,13?,14-/m0/s1. The molecule has 0 aromatic rings. The zero-order valence-electron chi connectivity index (χ0n) is 12.8. The molecule has 0 bridgehead atoms. The predicted molar refractivity (Wildman–Crippen MR) is 78.3 cm³/mol. The molecule has 0 aliphatic carbocycles. The number of nitrogens with two attached hydrogens (primary N) is 1. The molecule has 0 spiro atoms. The van der Waals surface area contributed by atoms with Crippen LogP contribution in [0.5, 0.6) is 0 Å². The second-order valence-electron chi connectivity index (χ2n) is 6.15. The van der Waals surface area contributed by atoms with E-state index in [4.69, 9.17) is 5.73 Å². The van der Waals surface area contributed by atoms with E-state index in [1.807, 2.05) is 0 Å². The molecular formula is C15H32N2O. The van der Waals surface area contributed by atoms with Crippen LogP contribution in [-0.4, -0.2) is 18.5 Å². The summed E-state index contributed by atoms with van der Waals surface area (Å²) in [6, 6.07) is 0.268. The summed E-state index contributed by atoms with van der Waals surface area (Å²) < 4.78 is 0. The van der Waals surface area contributed by atoms with Gasteiger partial charge in [0.15, 0.2) is 0 Å². The number of hydrogen-bond acceptors (Lipinski definition) is 2. The molecule has 0 rings (SSSR count). The van der Waals surface area contributed by atoms with Crippen LogP contribution in [0.25, 0.3) is 0 Å². The van der Waals surface area contributed by atoms with Gasteiger partial charge in [-0.15, -0.1) is 0 Å². The van der Waals surface area contributed by atoms with E-state index in [1.165, 1.54) is 6.42 Å². The van der Waals surface area contributed by atoms with Gasteiger partial charge in [-0.05, 0) is 44.1 Å². The van der Waals surface area contributed by atoms with Crippen molar-refractivity contribution >= 4 is 5.91 Å². The highest BCUT2D eigenvalue weighted by Gasteiger charge is 2.16. The second-order valence-corrected chi connectivity index (χ2v) is 6.15. The lowest BCUT2D eigenvalue weighted by Crippen LogP contribution is -2.36. The van der Waals surface area contributed by atoms with Crippen LogP contribution in [0.3, 0.4) is 0 Å². The normalized spacial score (nSPS) is 16.4. The van der Waals surface area contributed by atoms with E-state index in [1.54, 1.807) is 0 Å². The minimum atomic E-state index is 0.155. The summed E-state index contributed by atoms with van der Waals surface area (Å²) in [5, 5.41) is 3.09. The van der Waals surface area contributed by atoms with E-state index in [0.717, 1.165) is 12.8 Å². The van der Waals surface area contributed by atoms with Crippen LogP contribution in [-0.2, 0) is 4.79 Å². The fourth-order valence-corrected chi connectivity index (χ4v) is 2.35. The quantitative estimate of drug-likeness (QED) is 0.666. The van der Waals surface area contributed by atoms with Gasteiger partial charge in [-0.25, -0.2) is 0 Å². The van der Waals surface area contributed by atoms with Crippen LogP contribution in [0.4, 0.5) is 0 Å². The van der Waals surface area contributed by atoms with Gasteiger partial charge in [0.25, 0.3) is 0 Å². The second kappa shape index (κ2) is 9.37. The highest BCUT2D eigenvalue weighted by molar-refractivity contribution is 5.76. The summed E-state index contributed by atoms with van der Waals surface area (Å²) in [7, 11) is 0. The van der Waals surface area contributed by atoms with Crippen LogP contribution >= 0.6 is 0 Å². The lowest BCUT2D eigenvalue weighted by atomic mass is 9.93. The Morgan fingerprint density at radius 2 is 1.78 bits per heavy atom. The van der Waals surface area contributed by atoms with Gasteiger partial charge < -0.3 is 11.1 Å². The highest BCUT2D eigenvalue weighted by Crippen LogP contribution is 2.15. The van der Waals surface area contributed by atoms with Gasteiger partial charge in [0.1, 0.15) is 0 Å². The van der Waals surface area contributed by atoms with Crippen LogP contribution in [0.2, 0.25) is 0 Å². The van der Waals surface area contributed by atoms with Crippen LogP contribution < -0.4 is 11.1 Å². The van der Waals surface area contributed by atoms with Crippen molar-refractivity contribution in [3.8, 4) is 0 Å². The largest absolute Gasteiger partial charge is 0.354 e. The molecule has 3 heteroatoms. The van der Waals surface area contributed by atoms with Crippen LogP contribution in [0, 0.1) is 17.8 Å². The summed E-state index contributed by atoms with van der Waals surface area (Å²) in [6.07, 6.45) is 3.82. The SMILES string of the molecule is CCC(C)CC(C)NC(=O)C[C@@H](CN)CC(C)C. The molecular weight excluding hydrogens is 224 g/mol. The predicted octanol–water partition coefficient (Wildman–Crippen LogP) is 2.94. The van der Waals surface area contributed by atoms with Crippen molar-refractivity contribution in [3.05, 3.63) is 0 Å². The Balaban J connectivity index is 4.00. The van der Waals surface area contributed by atoms with E-state index in [0.29, 0.717) is 30.7 Å². The molecule has 2 unspecified atom stereocenters. The van der Waals surface area contributed by atoms with Crippen molar-refractivity contribution in [3.63, 3.8) is 0 Å². The molecule has 0 saturated heterocycles. The Bertz CT molecular complexity index is 229. The number of nitrogens with one attached hydrogen (secondary N) is 1. The molecule has 1 amide bonds. The molecule has 0 aliphatic rings. The summed E-state index contributed by atoms with van der Waals surface area (Å²) in [5.41, 5.74) is 5.72. The molecule has 0 aromatic heterocycles. The molecule has 18 heavy (non-hydrogen) atoms. The Morgan fingerprint density at radius 3 is 2.22 bits per heavy atom. The van der Waals surface area contributed by atoms with Gasteiger partial charge in [0, 0.05) is 12.5 Å². The zero-order valence-corrected chi connectivity index (χ0v) is 12.8. The fourth-order valence-electron chi connectivity index (χ4n) is 2.35. The van der Waals surface area contributed by atoms with Gasteiger partial charge in [0.2, 0.25) is 5.91 Å². The van der Waals surface area contributed by atoms with Crippen molar-refractivity contribution in [1.82, 2.24) is 5.32 Å². The smallest absolute Gasteiger partial charge is 0.220 e. The van der Waals surface area contributed by atoms with Gasteiger partial charge in [-0.1, -0.05) is 34.1 Å². The number of amides is 1. The average Bonchev–Trinajstić information content (AvgIpc) is 2.26. The van der Waals surface area contributed by atoms with Crippen molar-refractivity contribution in [2.45, 2.75) is 66.3 Å². The first-order valence-corrected chi connectivity index (χ1v) is 7.38. The Morgan fingerprint density at radius 1 is 1.17 bits per heavy atom. The monoisotopic (exact) mass is 256 g/mol. The maximum Gasteiger partial charge on any atom is 0.220 e. The van der Waals surface area contributed by atoms with E-state index in [2.05, 4.69) is 39.9 Å². The molecule has 0 heterocycles.